The number of hydrogen-bond donors (Lipinski definition) is 1. The third-order valence-electron chi connectivity index (χ3n) is 2.79. The van der Waals surface area contributed by atoms with Crippen LogP contribution in [0.4, 0.5) is 0 Å². The highest BCUT2D eigenvalue weighted by Gasteiger charge is 2.11. The molecule has 0 aliphatic carbocycles. The Kier molecular flexibility index (Phi) is 3.82. The zero-order valence-corrected chi connectivity index (χ0v) is 12.4. The van der Waals surface area contributed by atoms with Gasteiger partial charge in [-0.1, -0.05) is 0 Å². The summed E-state index contributed by atoms with van der Waals surface area (Å²) >= 11 is 3.53. The Labute approximate surface area is 115 Å². The molecule has 0 fully saturated rings. The van der Waals surface area contributed by atoms with Crippen LogP contribution in [0.2, 0.25) is 0 Å². The lowest BCUT2D eigenvalue weighted by molar-refractivity contribution is 0.732. The quantitative estimate of drug-likeness (QED) is 0.948. The Morgan fingerprint density at radius 3 is 2.67 bits per heavy atom. The summed E-state index contributed by atoms with van der Waals surface area (Å²) in [6.45, 7) is 6.00. The average molecular weight is 309 g/mol. The first-order valence-corrected chi connectivity index (χ1v) is 6.70. The number of halogens is 1. The molecule has 0 radical (unpaired) electrons. The third-order valence-corrected chi connectivity index (χ3v) is 3.93. The van der Waals surface area contributed by atoms with E-state index < -0.39 is 0 Å². The van der Waals surface area contributed by atoms with E-state index in [0.717, 1.165) is 33.5 Å². The highest BCUT2D eigenvalue weighted by molar-refractivity contribution is 9.10. The largest absolute Gasteiger partial charge is 0.328 e. The van der Waals surface area contributed by atoms with E-state index in [9.17, 15) is 0 Å². The van der Waals surface area contributed by atoms with Gasteiger partial charge in [0.25, 0.3) is 0 Å². The predicted octanol–water partition coefficient (Wildman–Crippen LogP) is 2.54. The zero-order valence-electron chi connectivity index (χ0n) is 10.8. The average Bonchev–Trinajstić information content (AvgIpc) is 2.56. The van der Waals surface area contributed by atoms with E-state index in [1.807, 2.05) is 37.8 Å². The predicted molar refractivity (Wildman–Crippen MR) is 75.9 cm³/mol. The van der Waals surface area contributed by atoms with Gasteiger partial charge >= 0.3 is 0 Å². The highest BCUT2D eigenvalue weighted by Crippen LogP contribution is 2.23. The van der Waals surface area contributed by atoms with Crippen molar-refractivity contribution in [2.24, 2.45) is 5.73 Å². The van der Waals surface area contributed by atoms with Crippen LogP contribution in [0.25, 0.3) is 5.69 Å². The lowest BCUT2D eigenvalue weighted by Crippen LogP contribution is -2.18. The van der Waals surface area contributed by atoms with Gasteiger partial charge in [0, 0.05) is 12.2 Å². The molecule has 18 heavy (non-hydrogen) atoms. The maximum absolute atomic E-state index is 5.81. The van der Waals surface area contributed by atoms with Crippen molar-refractivity contribution in [1.82, 2.24) is 14.8 Å². The maximum Gasteiger partial charge on any atom is 0.0835 e. The van der Waals surface area contributed by atoms with Crippen LogP contribution >= 0.6 is 15.9 Å². The summed E-state index contributed by atoms with van der Waals surface area (Å²) in [6, 6.07) is 2.22. The fourth-order valence-corrected chi connectivity index (χ4v) is 2.20. The molecule has 0 amide bonds. The normalized spacial score (nSPS) is 12.7. The lowest BCUT2D eigenvalue weighted by Gasteiger charge is -2.08. The number of nitrogens with zero attached hydrogens (tertiary/aromatic N) is 3. The molecule has 0 saturated heterocycles. The topological polar surface area (TPSA) is 56.7 Å². The molecular weight excluding hydrogens is 292 g/mol. The van der Waals surface area contributed by atoms with Gasteiger partial charge in [-0.15, -0.1) is 0 Å². The van der Waals surface area contributed by atoms with E-state index in [2.05, 4.69) is 32.1 Å². The van der Waals surface area contributed by atoms with Gasteiger partial charge in [0.1, 0.15) is 0 Å². The van der Waals surface area contributed by atoms with Crippen molar-refractivity contribution in [3.63, 3.8) is 0 Å². The standard InChI is InChI=1S/C13H17BrN4/c1-8(15)4-11-5-12(7-16-6-11)18-10(3)13(14)9(2)17-18/h5-8H,4,15H2,1-3H3. The minimum atomic E-state index is 0.134. The first-order valence-electron chi connectivity index (χ1n) is 5.90. The molecule has 1 unspecified atom stereocenters. The Hall–Kier alpha value is -1.20. The fraction of sp³-hybridized carbons (Fsp3) is 0.385. The minimum Gasteiger partial charge on any atom is -0.328 e. The van der Waals surface area contributed by atoms with Crippen LogP contribution in [0.1, 0.15) is 23.9 Å². The number of aryl methyl sites for hydroxylation is 1. The second-order valence-corrected chi connectivity index (χ2v) is 5.42. The molecule has 4 nitrogen and oxygen atoms in total. The van der Waals surface area contributed by atoms with Gasteiger partial charge in [-0.25, -0.2) is 4.68 Å². The maximum atomic E-state index is 5.81. The van der Waals surface area contributed by atoms with Gasteiger partial charge in [0.15, 0.2) is 0 Å². The molecule has 0 bridgehead atoms. The number of rotatable bonds is 3. The van der Waals surface area contributed by atoms with Crippen molar-refractivity contribution in [3.8, 4) is 5.69 Å². The third kappa shape index (κ3) is 2.62. The van der Waals surface area contributed by atoms with E-state index in [4.69, 9.17) is 5.73 Å². The fourth-order valence-electron chi connectivity index (χ4n) is 1.95. The molecule has 2 N–H and O–H groups in total. The molecule has 0 aliphatic heterocycles. The van der Waals surface area contributed by atoms with Crippen molar-refractivity contribution in [3.05, 3.63) is 39.9 Å². The SMILES string of the molecule is Cc1nn(-c2cncc(CC(C)N)c2)c(C)c1Br. The van der Waals surface area contributed by atoms with Crippen LogP contribution in [-0.4, -0.2) is 20.8 Å². The van der Waals surface area contributed by atoms with Crippen molar-refractivity contribution < 1.29 is 0 Å². The number of nitrogens with two attached hydrogens (primary N) is 1. The molecule has 96 valence electrons. The zero-order chi connectivity index (χ0) is 13.3. The molecular formula is C13H17BrN4. The van der Waals surface area contributed by atoms with Crippen LogP contribution in [0, 0.1) is 13.8 Å². The molecule has 2 rings (SSSR count). The Balaban J connectivity index is 2.41. The van der Waals surface area contributed by atoms with E-state index >= 15 is 0 Å². The highest BCUT2D eigenvalue weighted by atomic mass is 79.9. The van der Waals surface area contributed by atoms with E-state index in [0.29, 0.717) is 0 Å². The van der Waals surface area contributed by atoms with Crippen molar-refractivity contribution in [2.75, 3.05) is 0 Å². The van der Waals surface area contributed by atoms with Crippen molar-refractivity contribution >= 4 is 15.9 Å². The molecule has 0 aliphatic rings. The summed E-state index contributed by atoms with van der Waals surface area (Å²) in [6.07, 6.45) is 4.49. The number of aromatic nitrogens is 3. The summed E-state index contributed by atoms with van der Waals surface area (Å²) in [5.74, 6) is 0. The summed E-state index contributed by atoms with van der Waals surface area (Å²) in [7, 11) is 0. The van der Waals surface area contributed by atoms with Gasteiger partial charge in [-0.3, -0.25) is 4.98 Å². The first-order chi connectivity index (χ1) is 8.49. The van der Waals surface area contributed by atoms with Gasteiger partial charge < -0.3 is 5.73 Å². The van der Waals surface area contributed by atoms with Gasteiger partial charge in [0.2, 0.25) is 0 Å². The van der Waals surface area contributed by atoms with Crippen LogP contribution in [0.15, 0.2) is 22.9 Å². The van der Waals surface area contributed by atoms with E-state index in [1.165, 1.54) is 0 Å². The Morgan fingerprint density at radius 1 is 1.39 bits per heavy atom. The van der Waals surface area contributed by atoms with Gasteiger partial charge in [-0.05, 0) is 54.8 Å². The summed E-state index contributed by atoms with van der Waals surface area (Å²) in [5, 5.41) is 4.50. The second kappa shape index (κ2) is 5.20. The molecule has 0 saturated carbocycles. The molecule has 2 aromatic heterocycles. The monoisotopic (exact) mass is 308 g/mol. The minimum absolute atomic E-state index is 0.134. The van der Waals surface area contributed by atoms with Crippen LogP contribution in [-0.2, 0) is 6.42 Å². The Bertz CT molecular complexity index is 560. The number of pyridine rings is 1. The van der Waals surface area contributed by atoms with Crippen LogP contribution in [0.3, 0.4) is 0 Å². The smallest absolute Gasteiger partial charge is 0.0835 e. The van der Waals surface area contributed by atoms with E-state index in [1.54, 1.807) is 0 Å². The van der Waals surface area contributed by atoms with Gasteiger partial charge in [0.05, 0.1) is 27.7 Å². The molecule has 0 aromatic carbocycles. The lowest BCUT2D eigenvalue weighted by atomic mass is 10.1. The van der Waals surface area contributed by atoms with E-state index in [-0.39, 0.29) is 6.04 Å². The molecule has 2 aromatic rings. The van der Waals surface area contributed by atoms with Crippen molar-refractivity contribution in [2.45, 2.75) is 33.2 Å². The summed E-state index contributed by atoms with van der Waals surface area (Å²) in [5.41, 5.74) is 9.97. The van der Waals surface area contributed by atoms with Gasteiger partial charge in [-0.2, -0.15) is 5.10 Å². The molecule has 0 spiro atoms. The summed E-state index contributed by atoms with van der Waals surface area (Å²) in [4.78, 5) is 4.26. The number of hydrogen-bond acceptors (Lipinski definition) is 3. The second-order valence-electron chi connectivity index (χ2n) is 4.63. The van der Waals surface area contributed by atoms with Crippen molar-refractivity contribution in [1.29, 1.82) is 0 Å². The molecule has 1 atom stereocenters. The van der Waals surface area contributed by atoms with Crippen LogP contribution < -0.4 is 5.73 Å². The summed E-state index contributed by atoms with van der Waals surface area (Å²) < 4.78 is 2.94. The molecule has 5 heteroatoms. The Morgan fingerprint density at radius 2 is 2.11 bits per heavy atom. The van der Waals surface area contributed by atoms with Crippen LogP contribution in [0.5, 0.6) is 0 Å². The first kappa shape index (κ1) is 13.2. The molecule has 2 heterocycles.